The molecule has 0 aliphatic rings. The molecule has 4 aromatic rings. The number of carbonyl (C=O) groups excluding carboxylic acids is 1. The molecule has 29 heavy (non-hydrogen) atoms. The van der Waals surface area contributed by atoms with Crippen LogP contribution in [0.25, 0.3) is 10.9 Å². The van der Waals surface area contributed by atoms with E-state index in [1.54, 1.807) is 43.3 Å². The number of anilines is 2. The van der Waals surface area contributed by atoms with Crippen LogP contribution in [-0.2, 0) is 10.0 Å². The van der Waals surface area contributed by atoms with Crippen LogP contribution in [0, 0.1) is 6.92 Å². The Morgan fingerprint density at radius 2 is 1.69 bits per heavy atom. The summed E-state index contributed by atoms with van der Waals surface area (Å²) in [5.74, 6) is -0.386. The van der Waals surface area contributed by atoms with Crippen molar-refractivity contribution >= 4 is 38.2 Å². The number of sulfonamides is 1. The molecule has 0 aliphatic heterocycles. The average Bonchev–Trinajstić information content (AvgIpc) is 3.15. The molecule has 0 atom stereocenters. The number of amides is 1. The minimum atomic E-state index is -3.73. The van der Waals surface area contributed by atoms with Gasteiger partial charge in [0, 0.05) is 11.1 Å². The van der Waals surface area contributed by atoms with Gasteiger partial charge in [-0.25, -0.2) is 8.42 Å². The molecular weight excluding hydrogens is 388 g/mol. The largest absolute Gasteiger partial charge is 0.321 e. The Balaban J connectivity index is 1.59. The molecular formula is C21H18N4O3S. The molecule has 0 fully saturated rings. The number of para-hydroxylation sites is 1. The van der Waals surface area contributed by atoms with E-state index in [4.69, 9.17) is 0 Å². The Hall–Kier alpha value is -3.65. The summed E-state index contributed by atoms with van der Waals surface area (Å²) in [6.45, 7) is 1.79. The van der Waals surface area contributed by atoms with Crippen LogP contribution in [0.15, 0.2) is 77.7 Å². The average molecular weight is 406 g/mol. The maximum atomic E-state index is 12.7. The smallest absolute Gasteiger partial charge is 0.276 e. The highest BCUT2D eigenvalue weighted by molar-refractivity contribution is 7.92. The van der Waals surface area contributed by atoms with Gasteiger partial charge in [0.25, 0.3) is 15.9 Å². The van der Waals surface area contributed by atoms with Crippen LogP contribution >= 0.6 is 0 Å². The molecule has 3 aromatic carbocycles. The highest BCUT2D eigenvalue weighted by Crippen LogP contribution is 2.24. The van der Waals surface area contributed by atoms with E-state index in [-0.39, 0.29) is 16.5 Å². The van der Waals surface area contributed by atoms with Crippen molar-refractivity contribution in [2.45, 2.75) is 11.8 Å². The van der Waals surface area contributed by atoms with Crippen LogP contribution in [-0.4, -0.2) is 24.5 Å². The van der Waals surface area contributed by atoms with Gasteiger partial charge in [-0.1, -0.05) is 42.5 Å². The lowest BCUT2D eigenvalue weighted by molar-refractivity contribution is 0.102. The summed E-state index contributed by atoms with van der Waals surface area (Å²) in [5, 5.41) is 10.4. The Bertz CT molecular complexity index is 1300. The first kappa shape index (κ1) is 18.7. The van der Waals surface area contributed by atoms with Crippen molar-refractivity contribution < 1.29 is 13.2 Å². The monoisotopic (exact) mass is 406 g/mol. The molecule has 0 saturated carbocycles. The van der Waals surface area contributed by atoms with E-state index >= 15 is 0 Å². The zero-order chi connectivity index (χ0) is 20.4. The number of fused-ring (bicyclic) bond motifs is 1. The van der Waals surface area contributed by atoms with Crippen molar-refractivity contribution in [3.63, 3.8) is 0 Å². The van der Waals surface area contributed by atoms with Crippen molar-refractivity contribution in [3.8, 4) is 0 Å². The lowest BCUT2D eigenvalue weighted by atomic mass is 10.1. The predicted molar refractivity (Wildman–Crippen MR) is 112 cm³/mol. The molecule has 0 bridgehead atoms. The summed E-state index contributed by atoms with van der Waals surface area (Å²) >= 11 is 0. The number of rotatable bonds is 5. The lowest BCUT2D eigenvalue weighted by Crippen LogP contribution is -2.15. The maximum absolute atomic E-state index is 12.7. The third-order valence-electron chi connectivity index (χ3n) is 4.48. The zero-order valence-electron chi connectivity index (χ0n) is 15.5. The SMILES string of the molecule is Cc1ccc(NC(=O)c2n[nH]c3ccccc23)cc1NS(=O)(=O)c1ccccc1. The van der Waals surface area contributed by atoms with Gasteiger partial charge in [0.2, 0.25) is 0 Å². The summed E-state index contributed by atoms with van der Waals surface area (Å²) in [6.07, 6.45) is 0. The van der Waals surface area contributed by atoms with Crippen LogP contribution in [0.1, 0.15) is 16.1 Å². The molecule has 3 N–H and O–H groups in total. The second-order valence-corrected chi connectivity index (χ2v) is 8.20. The fourth-order valence-corrected chi connectivity index (χ4v) is 4.08. The zero-order valence-corrected chi connectivity index (χ0v) is 16.3. The number of nitrogens with one attached hydrogen (secondary N) is 3. The van der Waals surface area contributed by atoms with Gasteiger partial charge in [0.05, 0.1) is 16.1 Å². The first-order valence-electron chi connectivity index (χ1n) is 8.87. The third kappa shape index (κ3) is 3.83. The second kappa shape index (κ2) is 7.40. The molecule has 4 rings (SSSR count). The molecule has 146 valence electrons. The number of benzene rings is 3. The summed E-state index contributed by atoms with van der Waals surface area (Å²) in [4.78, 5) is 12.8. The number of H-pyrrole nitrogens is 1. The van der Waals surface area contributed by atoms with E-state index in [9.17, 15) is 13.2 Å². The maximum Gasteiger partial charge on any atom is 0.276 e. The molecule has 0 spiro atoms. The fraction of sp³-hybridized carbons (Fsp3) is 0.0476. The lowest BCUT2D eigenvalue weighted by Gasteiger charge is -2.13. The number of aromatic nitrogens is 2. The molecule has 7 nitrogen and oxygen atoms in total. The molecule has 1 amide bonds. The number of carbonyl (C=O) groups is 1. The van der Waals surface area contributed by atoms with E-state index in [0.29, 0.717) is 16.8 Å². The van der Waals surface area contributed by atoms with Crippen molar-refractivity contribution in [1.29, 1.82) is 0 Å². The van der Waals surface area contributed by atoms with Crippen LogP contribution in [0.3, 0.4) is 0 Å². The van der Waals surface area contributed by atoms with Gasteiger partial charge in [-0.2, -0.15) is 5.10 Å². The molecule has 0 radical (unpaired) electrons. The number of nitrogens with zero attached hydrogens (tertiary/aromatic N) is 1. The minimum Gasteiger partial charge on any atom is -0.321 e. The number of aromatic amines is 1. The topological polar surface area (TPSA) is 104 Å². The van der Waals surface area contributed by atoms with Gasteiger partial charge in [0.15, 0.2) is 5.69 Å². The highest BCUT2D eigenvalue weighted by Gasteiger charge is 2.17. The molecule has 8 heteroatoms. The summed E-state index contributed by atoms with van der Waals surface area (Å²) in [7, 11) is -3.73. The van der Waals surface area contributed by atoms with Crippen LogP contribution in [0.4, 0.5) is 11.4 Å². The molecule has 0 saturated heterocycles. The van der Waals surface area contributed by atoms with Crippen LogP contribution in [0.2, 0.25) is 0 Å². The molecule has 1 heterocycles. The summed E-state index contributed by atoms with van der Waals surface area (Å²) < 4.78 is 27.8. The van der Waals surface area contributed by atoms with Crippen LogP contribution < -0.4 is 10.0 Å². The van der Waals surface area contributed by atoms with Crippen molar-refractivity contribution in [2.24, 2.45) is 0 Å². The van der Waals surface area contributed by atoms with Crippen molar-refractivity contribution in [3.05, 3.63) is 84.1 Å². The van der Waals surface area contributed by atoms with Crippen LogP contribution in [0.5, 0.6) is 0 Å². The number of aryl methyl sites for hydroxylation is 1. The highest BCUT2D eigenvalue weighted by atomic mass is 32.2. The Morgan fingerprint density at radius 1 is 0.966 bits per heavy atom. The van der Waals surface area contributed by atoms with Gasteiger partial charge in [-0.05, 0) is 42.8 Å². The second-order valence-electron chi connectivity index (χ2n) is 6.52. The van der Waals surface area contributed by atoms with Crippen molar-refractivity contribution in [1.82, 2.24) is 10.2 Å². The fourth-order valence-electron chi connectivity index (χ4n) is 2.94. The van der Waals surface area contributed by atoms with Gasteiger partial charge >= 0.3 is 0 Å². The Labute approximate surface area is 167 Å². The molecule has 0 aliphatic carbocycles. The first-order valence-corrected chi connectivity index (χ1v) is 10.4. The van der Waals surface area contributed by atoms with E-state index in [0.717, 1.165) is 11.1 Å². The quantitative estimate of drug-likeness (QED) is 0.467. The number of hydrogen-bond acceptors (Lipinski definition) is 4. The normalized spacial score (nSPS) is 11.3. The Kier molecular flexibility index (Phi) is 4.77. The van der Waals surface area contributed by atoms with E-state index in [2.05, 4.69) is 20.2 Å². The predicted octanol–water partition coefficient (Wildman–Crippen LogP) is 3.92. The first-order chi connectivity index (χ1) is 13.9. The number of hydrogen-bond donors (Lipinski definition) is 3. The van der Waals surface area contributed by atoms with E-state index in [1.165, 1.54) is 12.1 Å². The van der Waals surface area contributed by atoms with Gasteiger partial charge in [-0.15, -0.1) is 0 Å². The minimum absolute atomic E-state index is 0.164. The van der Waals surface area contributed by atoms with E-state index < -0.39 is 10.0 Å². The Morgan fingerprint density at radius 3 is 2.48 bits per heavy atom. The standard InChI is InChI=1S/C21H18N4O3S/c1-14-11-12-15(13-19(14)25-29(27,28)16-7-3-2-4-8-16)22-21(26)20-17-9-5-6-10-18(17)23-24-20/h2-13,25H,1H3,(H,22,26)(H,23,24). The molecule has 1 aromatic heterocycles. The van der Waals surface area contributed by atoms with E-state index in [1.807, 2.05) is 24.3 Å². The van der Waals surface area contributed by atoms with Crippen molar-refractivity contribution in [2.75, 3.05) is 10.0 Å². The van der Waals surface area contributed by atoms with Gasteiger partial charge in [0.1, 0.15) is 0 Å². The third-order valence-corrected chi connectivity index (χ3v) is 5.86. The molecule has 0 unspecified atom stereocenters. The van der Waals surface area contributed by atoms with Gasteiger partial charge in [-0.3, -0.25) is 14.6 Å². The summed E-state index contributed by atoms with van der Waals surface area (Å²) in [5.41, 5.74) is 2.61. The summed E-state index contributed by atoms with van der Waals surface area (Å²) in [6, 6.07) is 20.5. The van der Waals surface area contributed by atoms with Gasteiger partial charge < -0.3 is 5.32 Å².